The van der Waals surface area contributed by atoms with E-state index in [0.717, 1.165) is 12.3 Å². The van der Waals surface area contributed by atoms with Gasteiger partial charge in [-0.25, -0.2) is 0 Å². The van der Waals surface area contributed by atoms with Crippen molar-refractivity contribution in [1.82, 2.24) is 0 Å². The molecule has 0 bridgehead atoms. The van der Waals surface area contributed by atoms with Crippen LogP contribution in [0.5, 0.6) is 5.75 Å². The number of hydrogen-bond donors (Lipinski definition) is 1. The summed E-state index contributed by atoms with van der Waals surface area (Å²) in [5.41, 5.74) is 8.41. The number of aryl methyl sites for hydroxylation is 1. The van der Waals surface area contributed by atoms with E-state index in [4.69, 9.17) is 10.5 Å². The van der Waals surface area contributed by atoms with Crippen molar-refractivity contribution in [3.05, 3.63) is 29.3 Å². The van der Waals surface area contributed by atoms with E-state index >= 15 is 0 Å². The normalized spacial score (nSPS) is 24.8. The Morgan fingerprint density at radius 3 is 2.79 bits per heavy atom. The van der Waals surface area contributed by atoms with Crippen molar-refractivity contribution in [2.45, 2.75) is 19.3 Å². The molecule has 2 unspecified atom stereocenters. The summed E-state index contributed by atoms with van der Waals surface area (Å²) >= 11 is 0. The van der Waals surface area contributed by atoms with Gasteiger partial charge in [0.1, 0.15) is 5.75 Å². The Hall–Kier alpha value is -1.02. The second-order valence-corrected chi connectivity index (χ2v) is 4.06. The van der Waals surface area contributed by atoms with Gasteiger partial charge < -0.3 is 10.5 Å². The smallest absolute Gasteiger partial charge is 0.119 e. The predicted octanol–water partition coefficient (Wildman–Crippen LogP) is 2.07. The van der Waals surface area contributed by atoms with Crippen LogP contribution in [0, 0.1) is 12.8 Å². The molecule has 0 amide bonds. The van der Waals surface area contributed by atoms with Gasteiger partial charge in [0.25, 0.3) is 0 Å². The van der Waals surface area contributed by atoms with Crippen molar-refractivity contribution in [1.29, 1.82) is 0 Å². The standard InChI is InChI=1S/C12H17NO/c1-8-5-10(14-2)3-4-11(8)12-6-9(12)7-13/h3-5,9,12H,6-7,13H2,1-2H3. The lowest BCUT2D eigenvalue weighted by molar-refractivity contribution is 0.414. The Balaban J connectivity index is 2.19. The molecule has 0 spiro atoms. The molecule has 2 N–H and O–H groups in total. The van der Waals surface area contributed by atoms with Crippen molar-refractivity contribution < 1.29 is 4.74 Å². The number of methoxy groups -OCH3 is 1. The number of nitrogens with two attached hydrogens (primary N) is 1. The first-order valence-corrected chi connectivity index (χ1v) is 5.11. The molecule has 0 heterocycles. The second kappa shape index (κ2) is 3.62. The third kappa shape index (κ3) is 1.62. The Morgan fingerprint density at radius 2 is 2.29 bits per heavy atom. The Bertz CT molecular complexity index is 335. The van der Waals surface area contributed by atoms with Gasteiger partial charge in [0.05, 0.1) is 7.11 Å². The van der Waals surface area contributed by atoms with Crippen LogP contribution >= 0.6 is 0 Å². The van der Waals surface area contributed by atoms with E-state index in [2.05, 4.69) is 19.1 Å². The van der Waals surface area contributed by atoms with E-state index in [1.165, 1.54) is 17.5 Å². The highest BCUT2D eigenvalue weighted by atomic mass is 16.5. The van der Waals surface area contributed by atoms with E-state index in [9.17, 15) is 0 Å². The molecule has 1 aliphatic rings. The summed E-state index contributed by atoms with van der Waals surface area (Å²) < 4.78 is 5.18. The number of benzene rings is 1. The highest BCUT2D eigenvalue weighted by molar-refractivity contribution is 5.39. The molecule has 76 valence electrons. The molecule has 1 aliphatic carbocycles. The van der Waals surface area contributed by atoms with Crippen molar-refractivity contribution in [2.75, 3.05) is 13.7 Å². The van der Waals surface area contributed by atoms with Crippen LogP contribution in [0.25, 0.3) is 0 Å². The third-order valence-electron chi connectivity index (χ3n) is 3.10. The molecule has 1 aromatic rings. The van der Waals surface area contributed by atoms with Gasteiger partial charge in [0.15, 0.2) is 0 Å². The molecular formula is C12H17NO. The monoisotopic (exact) mass is 191 g/mol. The van der Waals surface area contributed by atoms with Crippen molar-refractivity contribution >= 4 is 0 Å². The van der Waals surface area contributed by atoms with Gasteiger partial charge in [-0.1, -0.05) is 6.07 Å². The molecule has 2 rings (SSSR count). The minimum Gasteiger partial charge on any atom is -0.497 e. The average molecular weight is 191 g/mol. The molecule has 1 aromatic carbocycles. The van der Waals surface area contributed by atoms with Crippen LogP contribution < -0.4 is 10.5 Å². The fourth-order valence-electron chi connectivity index (χ4n) is 2.08. The average Bonchev–Trinajstić information content (AvgIpc) is 2.96. The molecule has 0 radical (unpaired) electrons. The zero-order chi connectivity index (χ0) is 10.1. The van der Waals surface area contributed by atoms with Crippen LogP contribution in [0.1, 0.15) is 23.5 Å². The van der Waals surface area contributed by atoms with E-state index < -0.39 is 0 Å². The van der Waals surface area contributed by atoms with Gasteiger partial charge in [-0.3, -0.25) is 0 Å². The SMILES string of the molecule is COc1ccc(C2CC2CN)c(C)c1. The molecule has 0 saturated heterocycles. The molecule has 2 atom stereocenters. The second-order valence-electron chi connectivity index (χ2n) is 4.06. The fourth-order valence-corrected chi connectivity index (χ4v) is 2.08. The largest absolute Gasteiger partial charge is 0.497 e. The molecular weight excluding hydrogens is 174 g/mol. The van der Waals surface area contributed by atoms with E-state index in [1.54, 1.807) is 7.11 Å². The highest BCUT2D eigenvalue weighted by Crippen LogP contribution is 2.48. The maximum Gasteiger partial charge on any atom is 0.119 e. The lowest BCUT2D eigenvalue weighted by Gasteiger charge is -2.07. The number of hydrogen-bond acceptors (Lipinski definition) is 2. The Labute approximate surface area is 85.1 Å². The summed E-state index contributed by atoms with van der Waals surface area (Å²) in [6.07, 6.45) is 1.25. The van der Waals surface area contributed by atoms with Crippen LogP contribution in [-0.4, -0.2) is 13.7 Å². The van der Waals surface area contributed by atoms with Crippen LogP contribution in [0.4, 0.5) is 0 Å². The molecule has 2 nitrogen and oxygen atoms in total. The molecule has 0 aromatic heterocycles. The minimum absolute atomic E-state index is 0.700. The molecule has 2 heteroatoms. The summed E-state index contributed by atoms with van der Waals surface area (Å²) in [5, 5.41) is 0. The van der Waals surface area contributed by atoms with Gasteiger partial charge in [-0.15, -0.1) is 0 Å². The number of rotatable bonds is 3. The van der Waals surface area contributed by atoms with Gasteiger partial charge in [0, 0.05) is 0 Å². The van der Waals surface area contributed by atoms with Gasteiger partial charge in [-0.05, 0) is 55.0 Å². The van der Waals surface area contributed by atoms with Crippen molar-refractivity contribution in [2.24, 2.45) is 11.7 Å². The Morgan fingerprint density at radius 1 is 1.50 bits per heavy atom. The molecule has 1 fully saturated rings. The summed E-state index contributed by atoms with van der Waals surface area (Å²) in [6, 6.07) is 6.31. The lowest BCUT2D eigenvalue weighted by Crippen LogP contribution is -2.02. The van der Waals surface area contributed by atoms with Crippen molar-refractivity contribution in [3.63, 3.8) is 0 Å². The zero-order valence-electron chi connectivity index (χ0n) is 8.79. The fraction of sp³-hybridized carbons (Fsp3) is 0.500. The highest BCUT2D eigenvalue weighted by Gasteiger charge is 2.37. The number of ether oxygens (including phenoxy) is 1. The van der Waals surface area contributed by atoms with Crippen LogP contribution in [0.15, 0.2) is 18.2 Å². The summed E-state index contributed by atoms with van der Waals surface area (Å²) in [5.74, 6) is 2.35. The van der Waals surface area contributed by atoms with Crippen LogP contribution in [0.3, 0.4) is 0 Å². The van der Waals surface area contributed by atoms with Gasteiger partial charge >= 0.3 is 0 Å². The maximum absolute atomic E-state index is 5.64. The summed E-state index contributed by atoms with van der Waals surface area (Å²) in [6.45, 7) is 2.96. The quantitative estimate of drug-likeness (QED) is 0.793. The van der Waals surface area contributed by atoms with Crippen LogP contribution in [-0.2, 0) is 0 Å². The lowest BCUT2D eigenvalue weighted by atomic mass is 10.0. The predicted molar refractivity (Wildman–Crippen MR) is 57.6 cm³/mol. The molecule has 14 heavy (non-hydrogen) atoms. The Kier molecular flexibility index (Phi) is 2.46. The van der Waals surface area contributed by atoms with Crippen LogP contribution in [0.2, 0.25) is 0 Å². The maximum atomic E-state index is 5.64. The summed E-state index contributed by atoms with van der Waals surface area (Å²) in [4.78, 5) is 0. The summed E-state index contributed by atoms with van der Waals surface area (Å²) in [7, 11) is 1.70. The molecule has 1 saturated carbocycles. The first-order chi connectivity index (χ1) is 6.76. The molecule has 0 aliphatic heterocycles. The minimum atomic E-state index is 0.700. The topological polar surface area (TPSA) is 35.2 Å². The zero-order valence-corrected chi connectivity index (χ0v) is 8.79. The van der Waals surface area contributed by atoms with Gasteiger partial charge in [0.2, 0.25) is 0 Å². The van der Waals surface area contributed by atoms with E-state index in [-0.39, 0.29) is 0 Å². The van der Waals surface area contributed by atoms with E-state index in [1.807, 2.05) is 6.07 Å². The third-order valence-corrected chi connectivity index (χ3v) is 3.10. The van der Waals surface area contributed by atoms with Crippen molar-refractivity contribution in [3.8, 4) is 5.75 Å². The van der Waals surface area contributed by atoms with E-state index in [0.29, 0.717) is 11.8 Å². The van der Waals surface area contributed by atoms with Gasteiger partial charge in [-0.2, -0.15) is 0 Å². The first-order valence-electron chi connectivity index (χ1n) is 5.11. The first kappa shape index (κ1) is 9.53.